The smallest absolute Gasteiger partial charge is 0.228 e. The summed E-state index contributed by atoms with van der Waals surface area (Å²) in [4.78, 5) is 30.3. The molecule has 0 aliphatic rings. The molecule has 0 radical (unpaired) electrons. The Balaban J connectivity index is 1.66. The summed E-state index contributed by atoms with van der Waals surface area (Å²) in [7, 11) is 0. The molecule has 0 saturated carbocycles. The number of nitrogens with one attached hydrogen (secondary N) is 2. The Morgan fingerprint density at radius 2 is 1.53 bits per heavy atom. The number of anilines is 1. The molecule has 0 aliphatic carbocycles. The Labute approximate surface area is 166 Å². The zero-order chi connectivity index (χ0) is 21.8. The van der Waals surface area contributed by atoms with E-state index in [-0.39, 0.29) is 18.0 Å². The normalized spacial score (nSPS) is 11.1. The minimum atomic E-state index is -2.31. The first kappa shape index (κ1) is 20.9. The van der Waals surface area contributed by atoms with Crippen molar-refractivity contribution in [1.29, 1.82) is 0 Å². The number of amides is 1. The van der Waals surface area contributed by atoms with E-state index in [1.165, 1.54) is 36.7 Å². The zero-order valence-electron chi connectivity index (χ0n) is 15.0. The van der Waals surface area contributed by atoms with E-state index in [0.29, 0.717) is 11.1 Å². The molecule has 0 fully saturated rings. The van der Waals surface area contributed by atoms with Crippen molar-refractivity contribution in [2.24, 2.45) is 0 Å². The lowest BCUT2D eigenvalue weighted by Crippen LogP contribution is -2.18. The molecule has 1 aromatic heterocycles. The monoisotopic (exact) mass is 421 g/mol. The third kappa shape index (κ3) is 4.43. The van der Waals surface area contributed by atoms with Crippen LogP contribution in [0.5, 0.6) is 0 Å². The first-order valence-corrected chi connectivity index (χ1v) is 8.40. The van der Waals surface area contributed by atoms with Crippen LogP contribution in [0, 0.1) is 29.1 Å². The van der Waals surface area contributed by atoms with Crippen molar-refractivity contribution in [3.8, 4) is 0 Å². The van der Waals surface area contributed by atoms with Crippen LogP contribution in [0.2, 0.25) is 0 Å². The summed E-state index contributed by atoms with van der Waals surface area (Å²) in [6, 6.07) is 6.17. The molecule has 10 heteroatoms. The maximum absolute atomic E-state index is 13.6. The second-order valence-electron chi connectivity index (χ2n) is 6.05. The third-order valence-corrected chi connectivity index (χ3v) is 3.98. The number of imidazole rings is 1. The molecule has 5 nitrogen and oxygen atoms in total. The van der Waals surface area contributed by atoms with Gasteiger partial charge in [-0.15, -0.1) is 0 Å². The molecule has 1 heterocycles. The molecule has 0 saturated heterocycles. The van der Waals surface area contributed by atoms with E-state index in [1.54, 1.807) is 17.4 Å². The average Bonchev–Trinajstić information content (AvgIpc) is 3.28. The van der Waals surface area contributed by atoms with Crippen LogP contribution >= 0.6 is 0 Å². The molecule has 0 spiro atoms. The minimum Gasteiger partial charge on any atom is -0.342 e. The second-order valence-corrected chi connectivity index (χ2v) is 6.05. The van der Waals surface area contributed by atoms with Gasteiger partial charge in [-0.3, -0.25) is 9.59 Å². The Morgan fingerprint density at radius 3 is 2.10 bits per heavy atom. The number of carbonyl (C=O) groups is 2. The first-order valence-electron chi connectivity index (χ1n) is 8.40. The van der Waals surface area contributed by atoms with Crippen LogP contribution < -0.4 is 5.32 Å². The van der Waals surface area contributed by atoms with E-state index >= 15 is 0 Å². The van der Waals surface area contributed by atoms with Crippen molar-refractivity contribution >= 4 is 23.5 Å². The Hall–Kier alpha value is -3.82. The fourth-order valence-electron chi connectivity index (χ4n) is 2.48. The maximum atomic E-state index is 13.6. The van der Waals surface area contributed by atoms with E-state index in [4.69, 9.17) is 0 Å². The van der Waals surface area contributed by atoms with Gasteiger partial charge in [0.25, 0.3) is 0 Å². The SMILES string of the molecule is O=C(Cc1ccc(C=CC(=O)c2ncc[nH]2)cc1)Nc1c(F)c(F)c(F)c(F)c1F. The topological polar surface area (TPSA) is 74.8 Å². The number of carbonyl (C=O) groups excluding carboxylic acids is 2. The summed E-state index contributed by atoms with van der Waals surface area (Å²) in [5.41, 5.74) is -0.378. The molecule has 0 bridgehead atoms. The van der Waals surface area contributed by atoms with Gasteiger partial charge in [0.1, 0.15) is 5.69 Å². The van der Waals surface area contributed by atoms with Gasteiger partial charge in [-0.25, -0.2) is 26.9 Å². The van der Waals surface area contributed by atoms with Crippen LogP contribution in [0.15, 0.2) is 42.7 Å². The first-order chi connectivity index (χ1) is 14.3. The van der Waals surface area contributed by atoms with Gasteiger partial charge in [-0.2, -0.15) is 0 Å². The lowest BCUT2D eigenvalue weighted by Gasteiger charge is -2.10. The van der Waals surface area contributed by atoms with Gasteiger partial charge in [0.15, 0.2) is 29.1 Å². The predicted octanol–water partition coefficient (Wildman–Crippen LogP) is 4.18. The summed E-state index contributed by atoms with van der Waals surface area (Å²) in [6.07, 6.45) is 5.38. The number of benzene rings is 2. The Kier molecular flexibility index (Phi) is 6.05. The maximum Gasteiger partial charge on any atom is 0.228 e. The van der Waals surface area contributed by atoms with E-state index < -0.39 is 40.7 Å². The van der Waals surface area contributed by atoms with Crippen molar-refractivity contribution in [2.75, 3.05) is 5.32 Å². The van der Waals surface area contributed by atoms with Crippen molar-refractivity contribution < 1.29 is 31.5 Å². The van der Waals surface area contributed by atoms with Crippen LogP contribution in [0.25, 0.3) is 6.08 Å². The van der Waals surface area contributed by atoms with Crippen LogP contribution in [0.3, 0.4) is 0 Å². The third-order valence-electron chi connectivity index (χ3n) is 3.98. The number of ketones is 1. The van der Waals surface area contributed by atoms with Gasteiger partial charge in [0.2, 0.25) is 17.5 Å². The molecule has 154 valence electrons. The van der Waals surface area contributed by atoms with Gasteiger partial charge in [0.05, 0.1) is 6.42 Å². The number of halogens is 5. The number of H-pyrrole nitrogens is 1. The summed E-state index contributed by atoms with van der Waals surface area (Å²) in [5, 5.41) is 1.70. The minimum absolute atomic E-state index is 0.174. The number of rotatable bonds is 6. The second kappa shape index (κ2) is 8.68. The highest BCUT2D eigenvalue weighted by Crippen LogP contribution is 2.27. The summed E-state index contributed by atoms with van der Waals surface area (Å²) >= 11 is 0. The largest absolute Gasteiger partial charge is 0.342 e. The van der Waals surface area contributed by atoms with Crippen molar-refractivity contribution in [3.05, 3.63) is 88.8 Å². The highest BCUT2D eigenvalue weighted by atomic mass is 19.2. The van der Waals surface area contributed by atoms with Gasteiger partial charge in [-0.1, -0.05) is 30.3 Å². The van der Waals surface area contributed by atoms with Crippen LogP contribution in [0.4, 0.5) is 27.6 Å². The molecule has 0 atom stereocenters. The van der Waals surface area contributed by atoms with Crippen molar-refractivity contribution in [2.45, 2.75) is 6.42 Å². The van der Waals surface area contributed by atoms with Crippen LogP contribution in [0.1, 0.15) is 21.7 Å². The molecular weight excluding hydrogens is 409 g/mol. The Morgan fingerprint density at radius 1 is 0.933 bits per heavy atom. The van der Waals surface area contributed by atoms with Crippen LogP contribution in [-0.4, -0.2) is 21.7 Å². The Bertz CT molecular complexity index is 1100. The molecule has 3 rings (SSSR count). The van der Waals surface area contributed by atoms with Crippen molar-refractivity contribution in [1.82, 2.24) is 9.97 Å². The number of aromatic amines is 1. The fourth-order valence-corrected chi connectivity index (χ4v) is 2.48. The standard InChI is InChI=1S/C20H12F5N3O2/c21-14-15(22)17(24)19(18(25)16(14)23)28-13(30)9-11-3-1-10(2-4-11)5-6-12(29)20-26-7-8-27-20/h1-8H,9H2,(H,26,27)(H,28,30). The number of hydrogen-bond donors (Lipinski definition) is 2. The van der Waals surface area contributed by atoms with Crippen LogP contribution in [-0.2, 0) is 11.2 Å². The summed E-state index contributed by atoms with van der Waals surface area (Å²) < 4.78 is 66.7. The molecule has 2 aromatic carbocycles. The van der Waals surface area contributed by atoms with E-state index in [1.807, 2.05) is 0 Å². The predicted molar refractivity (Wildman–Crippen MR) is 97.0 cm³/mol. The van der Waals surface area contributed by atoms with E-state index in [0.717, 1.165) is 0 Å². The van der Waals surface area contributed by atoms with E-state index in [9.17, 15) is 31.5 Å². The molecule has 2 N–H and O–H groups in total. The number of allylic oxidation sites excluding steroid dienone is 1. The fraction of sp³-hybridized carbons (Fsp3) is 0.0500. The zero-order valence-corrected chi connectivity index (χ0v) is 15.0. The van der Waals surface area contributed by atoms with E-state index in [2.05, 4.69) is 9.97 Å². The molecular formula is C20H12F5N3O2. The average molecular weight is 421 g/mol. The number of aromatic nitrogens is 2. The van der Waals surface area contributed by atoms with Gasteiger partial charge < -0.3 is 10.3 Å². The number of nitrogens with zero attached hydrogens (tertiary/aromatic N) is 1. The molecule has 0 unspecified atom stereocenters. The molecule has 0 aliphatic heterocycles. The molecule has 1 amide bonds. The highest BCUT2D eigenvalue weighted by molar-refractivity contribution is 6.04. The molecule has 3 aromatic rings. The number of hydrogen-bond acceptors (Lipinski definition) is 3. The highest BCUT2D eigenvalue weighted by Gasteiger charge is 2.26. The lowest BCUT2D eigenvalue weighted by atomic mass is 10.1. The van der Waals surface area contributed by atoms with Gasteiger partial charge in [-0.05, 0) is 17.2 Å². The van der Waals surface area contributed by atoms with Gasteiger partial charge >= 0.3 is 0 Å². The summed E-state index contributed by atoms with van der Waals surface area (Å²) in [6.45, 7) is 0. The van der Waals surface area contributed by atoms with Gasteiger partial charge in [0, 0.05) is 12.4 Å². The van der Waals surface area contributed by atoms with Crippen molar-refractivity contribution in [3.63, 3.8) is 0 Å². The molecule has 30 heavy (non-hydrogen) atoms. The summed E-state index contributed by atoms with van der Waals surface area (Å²) in [5.74, 6) is -12.0. The quantitative estimate of drug-likeness (QED) is 0.206. The lowest BCUT2D eigenvalue weighted by molar-refractivity contribution is -0.115.